The lowest BCUT2D eigenvalue weighted by molar-refractivity contribution is -0.135. The molecule has 0 saturated carbocycles. The van der Waals surface area contributed by atoms with E-state index >= 15 is 0 Å². The highest BCUT2D eigenvalue weighted by molar-refractivity contribution is 5.88. The third kappa shape index (κ3) is 8.31. The molecule has 4 atom stereocenters. The van der Waals surface area contributed by atoms with Gasteiger partial charge in [-0.1, -0.05) is 122 Å². The first-order valence-corrected chi connectivity index (χ1v) is 21.7. The van der Waals surface area contributed by atoms with E-state index in [1.54, 1.807) is 0 Å². The lowest BCUT2D eigenvalue weighted by Gasteiger charge is -2.43. The van der Waals surface area contributed by atoms with Gasteiger partial charge in [-0.25, -0.2) is 9.97 Å². The van der Waals surface area contributed by atoms with Gasteiger partial charge in [0.15, 0.2) is 0 Å². The number of aromatic amines is 2. The van der Waals surface area contributed by atoms with Gasteiger partial charge in [0.2, 0.25) is 11.8 Å². The van der Waals surface area contributed by atoms with Crippen molar-refractivity contribution in [2.75, 3.05) is 26.2 Å². The first kappa shape index (κ1) is 40.9. The molecule has 2 aromatic heterocycles. The van der Waals surface area contributed by atoms with Crippen molar-refractivity contribution >= 4 is 11.8 Å². The third-order valence-electron chi connectivity index (χ3n) is 13.0. The Bertz CT molecular complexity index is 2180. The normalized spacial score (nSPS) is 18.1. The van der Waals surface area contributed by atoms with Crippen LogP contribution in [-0.2, 0) is 20.7 Å². The number of imidazole rings is 2. The maximum atomic E-state index is 14.1. The molecule has 4 heterocycles. The smallest absolute Gasteiger partial charge is 0.245 e. The van der Waals surface area contributed by atoms with Crippen LogP contribution in [0.3, 0.4) is 0 Å². The van der Waals surface area contributed by atoms with E-state index < -0.39 is 11.1 Å². The molecule has 310 valence electrons. The Morgan fingerprint density at radius 1 is 0.517 bits per heavy atom. The monoisotopic (exact) mass is 802 g/mol. The maximum Gasteiger partial charge on any atom is 0.245 e. The largest absolute Gasteiger partial charge is 0.345 e. The van der Waals surface area contributed by atoms with Crippen LogP contribution in [0.5, 0.6) is 0 Å². The molecule has 60 heavy (non-hydrogen) atoms. The van der Waals surface area contributed by atoms with Crippen LogP contribution in [0.15, 0.2) is 122 Å². The van der Waals surface area contributed by atoms with Gasteiger partial charge in [0, 0.05) is 0 Å². The molecule has 8 rings (SSSR count). The molecule has 10 nitrogen and oxygen atoms in total. The van der Waals surface area contributed by atoms with Crippen LogP contribution in [0.1, 0.15) is 101 Å². The third-order valence-corrected chi connectivity index (χ3v) is 13.0. The van der Waals surface area contributed by atoms with Crippen LogP contribution in [-0.4, -0.2) is 67.7 Å². The van der Waals surface area contributed by atoms with E-state index in [2.05, 4.69) is 113 Å². The van der Waals surface area contributed by atoms with Crippen LogP contribution in [0, 0.1) is 0 Å². The van der Waals surface area contributed by atoms with Crippen molar-refractivity contribution in [3.05, 3.63) is 144 Å². The molecule has 4 aromatic carbocycles. The number of carbonyl (C=O) groups excluding carboxylic acids is 2. The number of hydrogen-bond donors (Lipinski definition) is 4. The molecule has 2 aliphatic rings. The molecule has 0 spiro atoms. The SMILES string of the molecule is C[C@H](NC(=O)[C@@](C)(c1ccccc1)N1CCCCC1)c1ncc(-c2ccc(-c3ccc(-c4cnc([C@H](C)NC(=O)[C@@](C)(c5ccccc5)N5CCCCC5)[nH]4)cc3)cc2)[nH]1. The zero-order valence-electron chi connectivity index (χ0n) is 35.4. The van der Waals surface area contributed by atoms with Gasteiger partial charge in [-0.15, -0.1) is 0 Å². The first-order chi connectivity index (χ1) is 29.1. The van der Waals surface area contributed by atoms with Crippen LogP contribution in [0.2, 0.25) is 0 Å². The molecule has 0 radical (unpaired) electrons. The molecule has 2 saturated heterocycles. The van der Waals surface area contributed by atoms with E-state index in [1.807, 2.05) is 76.5 Å². The van der Waals surface area contributed by atoms with Crippen molar-refractivity contribution in [1.29, 1.82) is 0 Å². The van der Waals surface area contributed by atoms with Gasteiger partial charge in [0.05, 0.1) is 35.9 Å². The summed E-state index contributed by atoms with van der Waals surface area (Å²) in [4.78, 5) is 49.1. The number of amides is 2. The molecule has 2 aliphatic heterocycles. The standard InChI is InChI=1S/C50H58N8O2/c1-35(53-47(59)49(3,41-17-9-5-10-18-41)57-29-13-7-14-30-57)45-51-33-43(55-45)39-25-21-37(22-26-39)38-23-27-40(28-24-38)44-34-52-46(56-44)36(2)54-48(60)50(4,42-19-11-6-12-20-42)58-31-15-8-16-32-58/h5-6,9-12,17-28,33-36H,7-8,13-16,29-32H2,1-4H3,(H,51,55)(H,52,56)(H,53,59)(H,54,60)/t35-,36-,49+,50+/m0/s1. The van der Waals surface area contributed by atoms with Crippen LogP contribution >= 0.6 is 0 Å². The summed E-state index contributed by atoms with van der Waals surface area (Å²) < 4.78 is 0. The van der Waals surface area contributed by atoms with E-state index in [4.69, 9.17) is 0 Å². The van der Waals surface area contributed by atoms with Gasteiger partial charge in [-0.05, 0) is 113 Å². The first-order valence-electron chi connectivity index (χ1n) is 21.7. The average Bonchev–Trinajstić information content (AvgIpc) is 4.02. The van der Waals surface area contributed by atoms with E-state index in [-0.39, 0.29) is 23.9 Å². The van der Waals surface area contributed by atoms with Crippen molar-refractivity contribution in [3.63, 3.8) is 0 Å². The predicted octanol–water partition coefficient (Wildman–Crippen LogP) is 9.29. The fourth-order valence-corrected chi connectivity index (χ4v) is 9.02. The van der Waals surface area contributed by atoms with Crippen LogP contribution < -0.4 is 10.6 Å². The summed E-state index contributed by atoms with van der Waals surface area (Å²) in [7, 11) is 0. The lowest BCUT2D eigenvalue weighted by Crippen LogP contribution is -2.56. The van der Waals surface area contributed by atoms with Gasteiger partial charge < -0.3 is 20.6 Å². The van der Waals surface area contributed by atoms with Crippen LogP contribution in [0.4, 0.5) is 0 Å². The molecule has 0 aliphatic carbocycles. The Morgan fingerprint density at radius 2 is 0.850 bits per heavy atom. The fourth-order valence-electron chi connectivity index (χ4n) is 9.02. The molecule has 4 N–H and O–H groups in total. The predicted molar refractivity (Wildman–Crippen MR) is 239 cm³/mol. The number of H-pyrrole nitrogens is 2. The summed E-state index contributed by atoms with van der Waals surface area (Å²) in [5, 5.41) is 6.56. The number of nitrogens with one attached hydrogen (secondary N) is 4. The van der Waals surface area contributed by atoms with E-state index in [1.165, 1.54) is 12.8 Å². The summed E-state index contributed by atoms with van der Waals surface area (Å²) in [5.74, 6) is 1.40. The minimum absolute atomic E-state index is 0.0160. The molecule has 6 aromatic rings. The summed E-state index contributed by atoms with van der Waals surface area (Å²) in [6.07, 6.45) is 10.5. The minimum Gasteiger partial charge on any atom is -0.345 e. The highest BCUT2D eigenvalue weighted by Gasteiger charge is 2.43. The van der Waals surface area contributed by atoms with Crippen molar-refractivity contribution < 1.29 is 9.59 Å². The quantitative estimate of drug-likeness (QED) is 0.0924. The Kier molecular flexibility index (Phi) is 12.1. The van der Waals surface area contributed by atoms with E-state index in [0.29, 0.717) is 11.6 Å². The lowest BCUT2D eigenvalue weighted by atomic mass is 9.87. The Morgan fingerprint density at radius 3 is 1.20 bits per heavy atom. The van der Waals surface area contributed by atoms with Crippen molar-refractivity contribution in [2.45, 2.75) is 89.4 Å². The molecule has 10 heteroatoms. The van der Waals surface area contributed by atoms with E-state index in [9.17, 15) is 9.59 Å². The zero-order valence-corrected chi connectivity index (χ0v) is 35.4. The van der Waals surface area contributed by atoms with Gasteiger partial charge in [-0.2, -0.15) is 0 Å². The summed E-state index contributed by atoms with van der Waals surface area (Å²) in [6.45, 7) is 11.7. The number of piperidine rings is 2. The highest BCUT2D eigenvalue weighted by atomic mass is 16.2. The number of hydrogen-bond acceptors (Lipinski definition) is 6. The van der Waals surface area contributed by atoms with E-state index in [0.717, 1.165) is 96.6 Å². The molecular formula is C50H58N8O2. The zero-order chi connectivity index (χ0) is 41.7. The summed E-state index contributed by atoms with van der Waals surface area (Å²) >= 11 is 0. The Hall–Kier alpha value is -5.84. The maximum absolute atomic E-state index is 14.1. The van der Waals surface area contributed by atoms with Crippen molar-refractivity contribution in [3.8, 4) is 33.6 Å². The molecule has 2 fully saturated rings. The second-order valence-electron chi connectivity index (χ2n) is 16.9. The summed E-state index contributed by atoms with van der Waals surface area (Å²) in [5.41, 5.74) is 6.49. The molecular weight excluding hydrogens is 745 g/mol. The molecule has 2 amide bonds. The second-order valence-corrected chi connectivity index (χ2v) is 16.9. The van der Waals surface area contributed by atoms with Crippen molar-refractivity contribution in [2.24, 2.45) is 0 Å². The number of rotatable bonds is 13. The average molecular weight is 803 g/mol. The number of nitrogens with zero attached hydrogens (tertiary/aromatic N) is 4. The fraction of sp³-hybridized carbons (Fsp3) is 0.360. The van der Waals surface area contributed by atoms with Gasteiger partial charge >= 0.3 is 0 Å². The second kappa shape index (κ2) is 17.8. The highest BCUT2D eigenvalue weighted by Crippen LogP contribution is 2.35. The minimum atomic E-state index is -0.767. The molecule has 0 unspecified atom stereocenters. The van der Waals surface area contributed by atoms with Gasteiger partial charge in [-0.3, -0.25) is 19.4 Å². The van der Waals surface area contributed by atoms with Gasteiger partial charge in [0.1, 0.15) is 22.7 Å². The van der Waals surface area contributed by atoms with Crippen molar-refractivity contribution in [1.82, 2.24) is 40.4 Å². The number of benzene rings is 4. The summed E-state index contributed by atoms with van der Waals surface area (Å²) in [6, 6.07) is 36.5. The molecule has 0 bridgehead atoms. The van der Waals surface area contributed by atoms with Gasteiger partial charge in [0.25, 0.3) is 0 Å². The Balaban J connectivity index is 0.901. The number of aromatic nitrogens is 4. The number of likely N-dealkylation sites (tertiary alicyclic amines) is 2. The van der Waals surface area contributed by atoms with Crippen LogP contribution in [0.25, 0.3) is 33.6 Å². The number of carbonyl (C=O) groups is 2. The Labute approximate surface area is 354 Å². The topological polar surface area (TPSA) is 122 Å².